The van der Waals surface area contributed by atoms with Gasteiger partial charge in [-0.15, -0.1) is 0 Å². The second kappa shape index (κ2) is 4.89. The van der Waals surface area contributed by atoms with Crippen LogP contribution in [0, 0.1) is 22.9 Å². The number of nitrogens with zero attached hydrogens (tertiary/aromatic N) is 1. The zero-order valence-electron chi connectivity index (χ0n) is 9.84. The quantitative estimate of drug-likeness (QED) is 0.682. The molecule has 2 aromatic rings. The van der Waals surface area contributed by atoms with Gasteiger partial charge >= 0.3 is 5.88 Å². The highest BCUT2D eigenvalue weighted by molar-refractivity contribution is 6.02. The summed E-state index contributed by atoms with van der Waals surface area (Å²) in [5.74, 6) is -1.91. The Bertz CT molecular complexity index is 651. The van der Waals surface area contributed by atoms with Crippen LogP contribution in [0.1, 0.15) is 16.1 Å². The Labute approximate surface area is 107 Å². The smallest absolute Gasteiger partial charge is 0.395 e. The lowest BCUT2D eigenvalue weighted by molar-refractivity contribution is -0.402. The number of halogens is 1. The van der Waals surface area contributed by atoms with Crippen molar-refractivity contribution >= 4 is 17.5 Å². The lowest BCUT2D eigenvalue weighted by atomic mass is 10.2. The largest absolute Gasteiger partial charge is 0.433 e. The van der Waals surface area contributed by atoms with Gasteiger partial charge in [0.2, 0.25) is 0 Å². The Hall–Kier alpha value is -2.70. The van der Waals surface area contributed by atoms with Crippen LogP contribution in [0.4, 0.5) is 16.0 Å². The molecule has 0 atom stereocenters. The monoisotopic (exact) mass is 264 g/mol. The van der Waals surface area contributed by atoms with E-state index >= 15 is 0 Å². The fourth-order valence-electron chi connectivity index (χ4n) is 1.46. The average molecular weight is 264 g/mol. The molecule has 0 aliphatic heterocycles. The second-order valence-corrected chi connectivity index (χ2v) is 3.81. The molecule has 6 nitrogen and oxygen atoms in total. The number of rotatable bonds is 3. The summed E-state index contributed by atoms with van der Waals surface area (Å²) in [7, 11) is 0. The van der Waals surface area contributed by atoms with Crippen LogP contribution in [0.25, 0.3) is 0 Å². The fourth-order valence-corrected chi connectivity index (χ4v) is 1.46. The lowest BCUT2D eigenvalue weighted by Gasteiger charge is -2.06. The van der Waals surface area contributed by atoms with E-state index in [0.29, 0.717) is 5.56 Å². The third kappa shape index (κ3) is 2.76. The van der Waals surface area contributed by atoms with Gasteiger partial charge in [-0.2, -0.15) is 0 Å². The highest BCUT2D eigenvalue weighted by Crippen LogP contribution is 2.20. The SMILES string of the molecule is Cc1ccc(F)cc1NC(=O)c1ccc([N+](=O)[O-])o1. The minimum atomic E-state index is -0.746. The van der Waals surface area contributed by atoms with Crippen LogP contribution in [0.15, 0.2) is 34.7 Å². The number of amides is 1. The summed E-state index contributed by atoms with van der Waals surface area (Å²) in [6.07, 6.45) is 0. The molecule has 0 aliphatic rings. The van der Waals surface area contributed by atoms with Crippen molar-refractivity contribution in [3.8, 4) is 0 Å². The molecule has 0 bridgehead atoms. The van der Waals surface area contributed by atoms with E-state index in [1.807, 2.05) is 0 Å². The van der Waals surface area contributed by atoms with E-state index in [0.717, 1.165) is 12.1 Å². The molecule has 0 radical (unpaired) electrons. The first kappa shape index (κ1) is 12.7. The fraction of sp³-hybridized carbons (Fsp3) is 0.0833. The van der Waals surface area contributed by atoms with Gasteiger partial charge in [0.25, 0.3) is 5.91 Å². The number of anilines is 1. The predicted octanol–water partition coefficient (Wildman–Crippen LogP) is 2.89. The van der Waals surface area contributed by atoms with Crippen molar-refractivity contribution in [3.05, 3.63) is 57.6 Å². The molecule has 0 unspecified atom stereocenters. The molecule has 19 heavy (non-hydrogen) atoms. The summed E-state index contributed by atoms with van der Waals surface area (Å²) in [5.41, 5.74) is 0.944. The number of carbonyl (C=O) groups is 1. The molecule has 1 aromatic carbocycles. The summed E-state index contributed by atoms with van der Waals surface area (Å²) >= 11 is 0. The Morgan fingerprint density at radius 2 is 2.11 bits per heavy atom. The summed E-state index contributed by atoms with van der Waals surface area (Å²) in [6.45, 7) is 1.69. The molecule has 0 fully saturated rings. The third-order valence-corrected chi connectivity index (χ3v) is 2.44. The van der Waals surface area contributed by atoms with Crippen molar-refractivity contribution in [3.63, 3.8) is 0 Å². The number of furan rings is 1. The number of carbonyl (C=O) groups excluding carboxylic acids is 1. The Morgan fingerprint density at radius 1 is 1.37 bits per heavy atom. The maximum absolute atomic E-state index is 13.0. The maximum Gasteiger partial charge on any atom is 0.433 e. The highest BCUT2D eigenvalue weighted by atomic mass is 19.1. The molecule has 0 spiro atoms. The van der Waals surface area contributed by atoms with Crippen LogP contribution < -0.4 is 5.32 Å². The van der Waals surface area contributed by atoms with Crippen molar-refractivity contribution in [1.82, 2.24) is 0 Å². The van der Waals surface area contributed by atoms with Crippen molar-refractivity contribution in [2.24, 2.45) is 0 Å². The van der Waals surface area contributed by atoms with Crippen LogP contribution in [0.2, 0.25) is 0 Å². The minimum Gasteiger partial charge on any atom is -0.395 e. The Balaban J connectivity index is 2.20. The normalized spacial score (nSPS) is 10.2. The van der Waals surface area contributed by atoms with Gasteiger partial charge in [0, 0.05) is 5.69 Å². The molecule has 1 amide bonds. The van der Waals surface area contributed by atoms with Crippen LogP contribution >= 0.6 is 0 Å². The molecule has 98 valence electrons. The number of aryl methyl sites for hydroxylation is 1. The minimum absolute atomic E-state index is 0.213. The van der Waals surface area contributed by atoms with Crippen molar-refractivity contribution in [2.75, 3.05) is 5.32 Å². The molecular formula is C12H9FN2O4. The first-order valence-electron chi connectivity index (χ1n) is 5.29. The zero-order chi connectivity index (χ0) is 14.0. The molecule has 0 aliphatic carbocycles. The maximum atomic E-state index is 13.0. The van der Waals surface area contributed by atoms with E-state index in [9.17, 15) is 19.3 Å². The summed E-state index contributed by atoms with van der Waals surface area (Å²) in [6, 6.07) is 6.19. The molecule has 7 heteroatoms. The number of hydrogen-bond donors (Lipinski definition) is 1. The first-order valence-corrected chi connectivity index (χ1v) is 5.29. The van der Waals surface area contributed by atoms with Gasteiger partial charge in [-0.1, -0.05) is 6.07 Å². The van der Waals surface area contributed by atoms with Crippen LogP contribution in [-0.2, 0) is 0 Å². The lowest BCUT2D eigenvalue weighted by Crippen LogP contribution is -2.12. The molecule has 1 heterocycles. The standard InChI is InChI=1S/C12H9FN2O4/c1-7-2-3-8(13)6-9(7)14-12(16)10-4-5-11(19-10)15(17)18/h2-6H,1H3,(H,14,16). The number of nitrogens with one attached hydrogen (secondary N) is 1. The topological polar surface area (TPSA) is 85.4 Å². The van der Waals surface area contributed by atoms with Gasteiger partial charge in [0.1, 0.15) is 10.7 Å². The zero-order valence-corrected chi connectivity index (χ0v) is 9.84. The van der Waals surface area contributed by atoms with E-state index in [4.69, 9.17) is 4.42 Å². The van der Waals surface area contributed by atoms with E-state index < -0.39 is 22.5 Å². The number of benzene rings is 1. The van der Waals surface area contributed by atoms with Crippen LogP contribution in [-0.4, -0.2) is 10.8 Å². The second-order valence-electron chi connectivity index (χ2n) is 3.81. The average Bonchev–Trinajstić information content (AvgIpc) is 2.83. The number of nitro groups is 1. The van der Waals surface area contributed by atoms with Crippen LogP contribution in [0.5, 0.6) is 0 Å². The van der Waals surface area contributed by atoms with Gasteiger partial charge in [-0.3, -0.25) is 14.9 Å². The molecule has 1 N–H and O–H groups in total. The molecular weight excluding hydrogens is 255 g/mol. The summed E-state index contributed by atoms with van der Waals surface area (Å²) in [5, 5.41) is 12.8. The third-order valence-electron chi connectivity index (χ3n) is 2.44. The van der Waals surface area contributed by atoms with Gasteiger partial charge in [-0.05, 0) is 30.7 Å². The van der Waals surface area contributed by atoms with Crippen molar-refractivity contribution in [2.45, 2.75) is 6.92 Å². The highest BCUT2D eigenvalue weighted by Gasteiger charge is 2.17. The summed E-state index contributed by atoms with van der Waals surface area (Å²) < 4.78 is 17.8. The van der Waals surface area contributed by atoms with Gasteiger partial charge < -0.3 is 9.73 Å². The Morgan fingerprint density at radius 3 is 2.74 bits per heavy atom. The van der Waals surface area contributed by atoms with E-state index in [-0.39, 0.29) is 11.4 Å². The van der Waals surface area contributed by atoms with E-state index in [1.54, 1.807) is 6.92 Å². The van der Waals surface area contributed by atoms with E-state index in [1.165, 1.54) is 18.2 Å². The molecule has 1 aromatic heterocycles. The number of hydrogen-bond acceptors (Lipinski definition) is 4. The van der Waals surface area contributed by atoms with Gasteiger partial charge in [-0.25, -0.2) is 4.39 Å². The predicted molar refractivity (Wildman–Crippen MR) is 64.5 cm³/mol. The first-order chi connectivity index (χ1) is 8.97. The van der Waals surface area contributed by atoms with Crippen molar-refractivity contribution < 1.29 is 18.5 Å². The van der Waals surface area contributed by atoms with Gasteiger partial charge in [0.15, 0.2) is 5.76 Å². The van der Waals surface area contributed by atoms with Crippen LogP contribution in [0.3, 0.4) is 0 Å². The summed E-state index contributed by atoms with van der Waals surface area (Å²) in [4.78, 5) is 21.4. The molecule has 2 rings (SSSR count). The van der Waals surface area contributed by atoms with Gasteiger partial charge in [0.05, 0.1) is 6.07 Å². The Kier molecular flexibility index (Phi) is 3.28. The van der Waals surface area contributed by atoms with E-state index in [2.05, 4.69) is 5.32 Å². The van der Waals surface area contributed by atoms with Crippen molar-refractivity contribution in [1.29, 1.82) is 0 Å². The molecule has 0 saturated carbocycles. The molecule has 0 saturated heterocycles.